The molecule has 2 rings (SSSR count). The molecule has 1 saturated carbocycles. The molecular formula is C15H20N2O2S2. The number of aromatic nitrogens is 1. The van der Waals surface area contributed by atoms with Crippen LogP contribution in [0.3, 0.4) is 0 Å². The summed E-state index contributed by atoms with van der Waals surface area (Å²) in [4.78, 5) is 8.16. The first kappa shape index (κ1) is 16.3. The van der Waals surface area contributed by atoms with E-state index in [4.69, 9.17) is 0 Å². The minimum absolute atomic E-state index is 0.131. The van der Waals surface area contributed by atoms with E-state index in [2.05, 4.69) is 27.4 Å². The minimum atomic E-state index is -3.02. The Balaban J connectivity index is 2.32. The van der Waals surface area contributed by atoms with Gasteiger partial charge in [0, 0.05) is 12.5 Å². The predicted octanol–water partition coefficient (Wildman–Crippen LogP) is 3.38. The number of thiocarbonyl (C=S) groups is 1. The fourth-order valence-corrected chi connectivity index (χ4v) is 5.81. The third-order valence-electron chi connectivity index (χ3n) is 4.37. The van der Waals surface area contributed by atoms with Crippen LogP contribution in [-0.2, 0) is 9.84 Å². The molecule has 21 heavy (non-hydrogen) atoms. The lowest BCUT2D eigenvalue weighted by Crippen LogP contribution is -2.39. The molecule has 0 N–H and O–H groups in total. The maximum absolute atomic E-state index is 12.0. The fraction of sp³-hybridized carbons (Fsp3) is 0.600. The van der Waals surface area contributed by atoms with Crippen molar-refractivity contribution in [3.63, 3.8) is 0 Å². The molecule has 1 heterocycles. The van der Waals surface area contributed by atoms with Gasteiger partial charge in [0.05, 0.1) is 22.3 Å². The van der Waals surface area contributed by atoms with E-state index in [-0.39, 0.29) is 23.0 Å². The summed E-state index contributed by atoms with van der Waals surface area (Å²) in [6, 6.07) is 1.95. The van der Waals surface area contributed by atoms with Crippen LogP contribution in [0.5, 0.6) is 0 Å². The molecule has 1 aliphatic rings. The van der Waals surface area contributed by atoms with E-state index in [9.17, 15) is 8.42 Å². The van der Waals surface area contributed by atoms with Gasteiger partial charge in [-0.15, -0.1) is 0 Å². The van der Waals surface area contributed by atoms with Crippen molar-refractivity contribution in [1.82, 2.24) is 4.98 Å². The average Bonchev–Trinajstić information content (AvgIpc) is 2.37. The summed E-state index contributed by atoms with van der Waals surface area (Å²) in [5.74, 6) is 0.551. The van der Waals surface area contributed by atoms with Crippen molar-refractivity contribution in [2.75, 3.05) is 6.26 Å². The molecule has 0 amide bonds. The van der Waals surface area contributed by atoms with Gasteiger partial charge >= 0.3 is 0 Å². The number of hydrogen-bond donors (Lipinski definition) is 0. The fourth-order valence-electron chi connectivity index (χ4n) is 3.81. The molecule has 1 fully saturated rings. The second kappa shape index (κ2) is 6.34. The normalized spacial score (nSPS) is 29.7. The van der Waals surface area contributed by atoms with Crippen molar-refractivity contribution < 1.29 is 8.42 Å². The Hall–Kier alpha value is -1.10. The zero-order valence-corrected chi connectivity index (χ0v) is 14.1. The monoisotopic (exact) mass is 324 g/mol. The van der Waals surface area contributed by atoms with Crippen LogP contribution in [0.2, 0.25) is 0 Å². The first-order valence-electron chi connectivity index (χ1n) is 7.05. The second-order valence-electron chi connectivity index (χ2n) is 6.05. The van der Waals surface area contributed by atoms with Gasteiger partial charge in [0.2, 0.25) is 0 Å². The molecule has 0 spiro atoms. The van der Waals surface area contributed by atoms with E-state index in [1.54, 1.807) is 12.4 Å². The lowest BCUT2D eigenvalue weighted by molar-refractivity contribution is 0.271. The molecule has 114 valence electrons. The topological polar surface area (TPSA) is 59.4 Å². The third-order valence-corrected chi connectivity index (χ3v) is 6.38. The van der Waals surface area contributed by atoms with Gasteiger partial charge in [-0.1, -0.05) is 13.8 Å². The summed E-state index contributed by atoms with van der Waals surface area (Å²) >= 11 is 4.69. The van der Waals surface area contributed by atoms with E-state index in [0.717, 1.165) is 24.1 Å². The van der Waals surface area contributed by atoms with Gasteiger partial charge in [-0.3, -0.25) is 4.98 Å². The predicted molar refractivity (Wildman–Crippen MR) is 87.9 cm³/mol. The Kier molecular flexibility index (Phi) is 4.91. The minimum Gasteiger partial charge on any atom is -0.262 e. The van der Waals surface area contributed by atoms with Gasteiger partial charge in [-0.2, -0.15) is 4.99 Å². The van der Waals surface area contributed by atoms with Gasteiger partial charge in [0.25, 0.3) is 0 Å². The molecule has 4 nitrogen and oxygen atoms in total. The molecule has 0 saturated heterocycles. The van der Waals surface area contributed by atoms with Crippen LogP contribution in [0.25, 0.3) is 0 Å². The maximum atomic E-state index is 12.0. The lowest BCUT2D eigenvalue weighted by atomic mass is 9.73. The van der Waals surface area contributed by atoms with Crippen molar-refractivity contribution in [2.45, 2.75) is 37.9 Å². The molecule has 1 aromatic rings. The van der Waals surface area contributed by atoms with Crippen LogP contribution in [-0.4, -0.2) is 30.1 Å². The van der Waals surface area contributed by atoms with Crippen LogP contribution in [0.1, 0.15) is 38.2 Å². The van der Waals surface area contributed by atoms with Gasteiger partial charge in [0.15, 0.2) is 9.84 Å². The molecule has 2 unspecified atom stereocenters. The summed E-state index contributed by atoms with van der Waals surface area (Å²) in [7, 11) is -3.02. The third kappa shape index (κ3) is 3.57. The smallest absolute Gasteiger partial charge is 0.150 e. The highest BCUT2D eigenvalue weighted by atomic mass is 32.2. The molecule has 0 aromatic carbocycles. The van der Waals surface area contributed by atoms with Crippen LogP contribution in [0, 0.1) is 11.8 Å². The van der Waals surface area contributed by atoms with Crippen molar-refractivity contribution >= 4 is 32.9 Å². The van der Waals surface area contributed by atoms with Crippen LogP contribution in [0.15, 0.2) is 23.5 Å². The molecule has 4 atom stereocenters. The first-order valence-corrected chi connectivity index (χ1v) is 9.41. The second-order valence-corrected chi connectivity index (χ2v) is 8.44. The SMILES string of the molecule is C[C@@H]1CC(c2ccncc2N=C=S)C[C@H](C)C1S(C)(=O)=O. The van der Waals surface area contributed by atoms with Crippen molar-refractivity contribution in [3.05, 3.63) is 24.0 Å². The maximum Gasteiger partial charge on any atom is 0.150 e. The molecular weight excluding hydrogens is 304 g/mol. The van der Waals surface area contributed by atoms with Crippen molar-refractivity contribution in [3.8, 4) is 0 Å². The number of aliphatic imine (C=N–C) groups is 1. The molecule has 6 heteroatoms. The quantitative estimate of drug-likeness (QED) is 0.632. The van der Waals surface area contributed by atoms with Gasteiger partial charge in [0.1, 0.15) is 0 Å². The standard InChI is InChI=1S/C15H20N2O2S2/c1-10-6-12(7-11(2)15(10)21(3,18)19)13-4-5-16-8-14(13)17-9-20/h4-5,8,10-12,15H,6-7H2,1-3H3/t10-,11+,12?,15?. The molecule has 1 aromatic heterocycles. The largest absolute Gasteiger partial charge is 0.262 e. The summed E-state index contributed by atoms with van der Waals surface area (Å²) in [5.41, 5.74) is 1.84. The number of nitrogens with zero attached hydrogens (tertiary/aromatic N) is 2. The average molecular weight is 324 g/mol. The zero-order valence-electron chi connectivity index (χ0n) is 12.5. The highest BCUT2D eigenvalue weighted by Crippen LogP contribution is 2.44. The number of rotatable bonds is 3. The Bertz CT molecular complexity index is 654. The number of hydrogen-bond acceptors (Lipinski definition) is 5. The van der Waals surface area contributed by atoms with Gasteiger partial charge in [-0.25, -0.2) is 8.42 Å². The van der Waals surface area contributed by atoms with E-state index < -0.39 is 9.84 Å². The highest BCUT2D eigenvalue weighted by Gasteiger charge is 2.39. The van der Waals surface area contributed by atoms with Crippen molar-refractivity contribution in [1.29, 1.82) is 0 Å². The first-order chi connectivity index (χ1) is 9.84. The van der Waals surface area contributed by atoms with Gasteiger partial charge < -0.3 is 0 Å². The molecule has 0 aliphatic heterocycles. The Labute approximate surface area is 131 Å². The number of isothiocyanates is 1. The molecule has 1 aliphatic carbocycles. The zero-order chi connectivity index (χ0) is 15.6. The highest BCUT2D eigenvalue weighted by molar-refractivity contribution is 7.91. The Morgan fingerprint density at radius 2 is 1.95 bits per heavy atom. The molecule has 0 bridgehead atoms. The van der Waals surface area contributed by atoms with E-state index in [0.29, 0.717) is 0 Å². The number of pyridine rings is 1. The number of sulfone groups is 1. The van der Waals surface area contributed by atoms with Crippen molar-refractivity contribution in [2.24, 2.45) is 16.8 Å². The van der Waals surface area contributed by atoms with E-state index in [1.165, 1.54) is 6.26 Å². The lowest BCUT2D eigenvalue weighted by Gasteiger charge is -2.38. The van der Waals surface area contributed by atoms with E-state index in [1.807, 2.05) is 19.9 Å². The van der Waals surface area contributed by atoms with Crippen LogP contribution >= 0.6 is 12.2 Å². The summed E-state index contributed by atoms with van der Waals surface area (Å²) in [6.45, 7) is 4.05. The molecule has 0 radical (unpaired) electrons. The van der Waals surface area contributed by atoms with Gasteiger partial charge in [-0.05, 0) is 54.4 Å². The summed E-state index contributed by atoms with van der Waals surface area (Å²) in [6.07, 6.45) is 6.46. The summed E-state index contributed by atoms with van der Waals surface area (Å²) in [5, 5.41) is 2.13. The van der Waals surface area contributed by atoms with E-state index >= 15 is 0 Å². The summed E-state index contributed by atoms with van der Waals surface area (Å²) < 4.78 is 23.9. The Morgan fingerprint density at radius 3 is 2.48 bits per heavy atom. The Morgan fingerprint density at radius 1 is 1.33 bits per heavy atom. The van der Waals surface area contributed by atoms with Crippen LogP contribution in [0.4, 0.5) is 5.69 Å². The van der Waals surface area contributed by atoms with Crippen LogP contribution < -0.4 is 0 Å².